The lowest BCUT2D eigenvalue weighted by Crippen LogP contribution is -2.54. The second-order valence-corrected chi connectivity index (χ2v) is 8.35. The van der Waals surface area contributed by atoms with Crippen LogP contribution in [0.15, 0.2) is 30.4 Å². The molecule has 156 valence electrons. The maximum Gasteiger partial charge on any atom is 0.255 e. The molecule has 2 amide bonds. The average molecular weight is 418 g/mol. The number of allylic oxidation sites excluding steroid dienone is 1. The Morgan fingerprint density at radius 3 is 2.86 bits per heavy atom. The Morgan fingerprint density at radius 1 is 1.34 bits per heavy atom. The Hall–Kier alpha value is -1.89. The standard InChI is InChI=1S/C22H28ClN3O3/c1-2-3-8-26-14-18(16-6-7-24-20(16)22(26)28)15-4-5-17(19(23)13-15)21(27)25-9-11-29-12-10-25/h2-5,13,16,18,20,24H,6-12,14H2,1H3/b3-2+. The van der Waals surface area contributed by atoms with Crippen molar-refractivity contribution >= 4 is 23.4 Å². The first-order chi connectivity index (χ1) is 14.1. The van der Waals surface area contributed by atoms with Crippen molar-refractivity contribution in [3.05, 3.63) is 46.5 Å². The number of piperidine rings is 1. The SMILES string of the molecule is C/C=C/CN1CC(c2ccc(C(=O)N3CCOCC3)c(Cl)c2)C2CCNC2C1=O. The molecule has 0 aromatic heterocycles. The number of likely N-dealkylation sites (tertiary alicyclic amines) is 1. The molecule has 3 aliphatic heterocycles. The maximum absolute atomic E-state index is 12.8. The number of nitrogens with one attached hydrogen (secondary N) is 1. The van der Waals surface area contributed by atoms with Gasteiger partial charge >= 0.3 is 0 Å². The monoisotopic (exact) mass is 417 g/mol. The molecule has 1 aromatic rings. The van der Waals surface area contributed by atoms with Crippen LogP contribution < -0.4 is 5.32 Å². The van der Waals surface area contributed by atoms with Crippen LogP contribution >= 0.6 is 11.6 Å². The molecule has 6 nitrogen and oxygen atoms in total. The van der Waals surface area contributed by atoms with E-state index in [0.29, 0.717) is 50.0 Å². The number of halogens is 1. The van der Waals surface area contributed by atoms with Gasteiger partial charge in [0.25, 0.3) is 5.91 Å². The smallest absolute Gasteiger partial charge is 0.255 e. The number of nitrogens with zero attached hydrogens (tertiary/aromatic N) is 2. The summed E-state index contributed by atoms with van der Waals surface area (Å²) in [5.41, 5.74) is 1.64. The maximum atomic E-state index is 12.8. The molecule has 3 saturated heterocycles. The molecule has 29 heavy (non-hydrogen) atoms. The molecule has 0 radical (unpaired) electrons. The van der Waals surface area contributed by atoms with Crippen LogP contribution in [0.4, 0.5) is 0 Å². The number of carbonyl (C=O) groups is 2. The van der Waals surface area contributed by atoms with E-state index in [4.69, 9.17) is 16.3 Å². The van der Waals surface area contributed by atoms with Crippen LogP contribution in [0.2, 0.25) is 5.02 Å². The summed E-state index contributed by atoms with van der Waals surface area (Å²) < 4.78 is 5.33. The van der Waals surface area contributed by atoms with Gasteiger partial charge < -0.3 is 19.9 Å². The van der Waals surface area contributed by atoms with Gasteiger partial charge in [-0.3, -0.25) is 9.59 Å². The zero-order chi connectivity index (χ0) is 20.4. The van der Waals surface area contributed by atoms with Gasteiger partial charge in [0.05, 0.1) is 29.8 Å². The van der Waals surface area contributed by atoms with Gasteiger partial charge in [0, 0.05) is 32.1 Å². The van der Waals surface area contributed by atoms with E-state index >= 15 is 0 Å². The summed E-state index contributed by atoms with van der Waals surface area (Å²) in [4.78, 5) is 29.4. The van der Waals surface area contributed by atoms with E-state index in [0.717, 1.165) is 18.5 Å². The minimum absolute atomic E-state index is 0.0428. The quantitative estimate of drug-likeness (QED) is 0.763. The fraction of sp³-hybridized carbons (Fsp3) is 0.545. The van der Waals surface area contributed by atoms with Gasteiger partial charge in [-0.1, -0.05) is 29.8 Å². The molecule has 3 heterocycles. The molecule has 1 aromatic carbocycles. The van der Waals surface area contributed by atoms with Gasteiger partial charge in [0.1, 0.15) is 0 Å². The molecule has 1 N–H and O–H groups in total. The molecule has 7 heteroatoms. The second kappa shape index (κ2) is 8.86. The molecule has 3 aliphatic rings. The van der Waals surface area contributed by atoms with Crippen LogP contribution in [0.25, 0.3) is 0 Å². The van der Waals surface area contributed by atoms with Gasteiger partial charge in [-0.2, -0.15) is 0 Å². The molecule has 3 atom stereocenters. The van der Waals surface area contributed by atoms with Crippen LogP contribution in [0.3, 0.4) is 0 Å². The fourth-order valence-corrected chi connectivity index (χ4v) is 4.98. The van der Waals surface area contributed by atoms with Crippen molar-refractivity contribution in [1.82, 2.24) is 15.1 Å². The number of fused-ring (bicyclic) bond motifs is 1. The highest BCUT2D eigenvalue weighted by Crippen LogP contribution is 2.39. The van der Waals surface area contributed by atoms with Crippen molar-refractivity contribution in [3.63, 3.8) is 0 Å². The van der Waals surface area contributed by atoms with Crippen LogP contribution in [0, 0.1) is 5.92 Å². The normalized spacial score (nSPS) is 27.5. The first kappa shape index (κ1) is 20.4. The lowest BCUT2D eigenvalue weighted by atomic mass is 9.77. The zero-order valence-corrected chi connectivity index (χ0v) is 17.5. The number of amides is 2. The zero-order valence-electron chi connectivity index (χ0n) is 16.8. The lowest BCUT2D eigenvalue weighted by molar-refractivity contribution is -0.137. The first-order valence-electron chi connectivity index (χ1n) is 10.4. The summed E-state index contributed by atoms with van der Waals surface area (Å²) in [7, 11) is 0. The van der Waals surface area contributed by atoms with Gasteiger partial charge in [-0.25, -0.2) is 0 Å². The van der Waals surface area contributed by atoms with Gasteiger partial charge in [-0.15, -0.1) is 0 Å². The molecular formula is C22H28ClN3O3. The molecule has 0 aliphatic carbocycles. The van der Waals surface area contributed by atoms with E-state index in [1.807, 2.05) is 42.2 Å². The van der Waals surface area contributed by atoms with E-state index < -0.39 is 0 Å². The number of ether oxygens (including phenoxy) is 1. The number of carbonyl (C=O) groups excluding carboxylic acids is 2. The third kappa shape index (κ3) is 4.06. The van der Waals surface area contributed by atoms with Gasteiger partial charge in [-0.05, 0) is 43.5 Å². The van der Waals surface area contributed by atoms with Gasteiger partial charge in [0.2, 0.25) is 5.91 Å². The molecule has 3 fully saturated rings. The number of morpholine rings is 1. The molecule has 0 bridgehead atoms. The Balaban J connectivity index is 1.57. The Labute approximate surface area is 176 Å². The Morgan fingerprint density at radius 2 is 2.14 bits per heavy atom. The van der Waals surface area contributed by atoms with Gasteiger partial charge in [0.15, 0.2) is 0 Å². The third-order valence-electron chi connectivity index (χ3n) is 6.29. The summed E-state index contributed by atoms with van der Waals surface area (Å²) in [5.74, 6) is 0.620. The minimum atomic E-state index is -0.132. The number of hydrogen-bond acceptors (Lipinski definition) is 4. The molecule has 0 spiro atoms. The summed E-state index contributed by atoms with van der Waals surface area (Å²) >= 11 is 6.57. The first-order valence-corrected chi connectivity index (χ1v) is 10.8. The molecule has 0 saturated carbocycles. The summed E-state index contributed by atoms with van der Waals surface area (Å²) in [6.45, 7) is 6.44. The predicted octanol–water partition coefficient (Wildman–Crippen LogP) is 2.29. The topological polar surface area (TPSA) is 61.9 Å². The van der Waals surface area contributed by atoms with Crippen molar-refractivity contribution in [2.24, 2.45) is 5.92 Å². The highest BCUT2D eigenvalue weighted by atomic mass is 35.5. The van der Waals surface area contributed by atoms with Crippen molar-refractivity contribution in [2.75, 3.05) is 45.9 Å². The lowest BCUT2D eigenvalue weighted by Gasteiger charge is -2.40. The third-order valence-corrected chi connectivity index (χ3v) is 6.61. The average Bonchev–Trinajstić information content (AvgIpc) is 3.24. The number of benzene rings is 1. The Bertz CT molecular complexity index is 806. The van der Waals surface area contributed by atoms with E-state index in [9.17, 15) is 9.59 Å². The number of rotatable bonds is 4. The van der Waals surface area contributed by atoms with E-state index in [-0.39, 0.29) is 29.7 Å². The number of hydrogen-bond donors (Lipinski definition) is 1. The van der Waals surface area contributed by atoms with Crippen molar-refractivity contribution in [1.29, 1.82) is 0 Å². The van der Waals surface area contributed by atoms with E-state index in [1.165, 1.54) is 0 Å². The van der Waals surface area contributed by atoms with Crippen molar-refractivity contribution < 1.29 is 14.3 Å². The molecular weight excluding hydrogens is 390 g/mol. The highest BCUT2D eigenvalue weighted by Gasteiger charge is 2.45. The predicted molar refractivity (Wildman–Crippen MR) is 112 cm³/mol. The van der Waals surface area contributed by atoms with Crippen molar-refractivity contribution in [3.8, 4) is 0 Å². The van der Waals surface area contributed by atoms with Crippen molar-refractivity contribution in [2.45, 2.75) is 25.3 Å². The summed E-state index contributed by atoms with van der Waals surface area (Å²) in [6.07, 6.45) is 4.96. The van der Waals surface area contributed by atoms with Crippen LogP contribution in [-0.4, -0.2) is 73.6 Å². The van der Waals surface area contributed by atoms with Crippen LogP contribution in [-0.2, 0) is 9.53 Å². The summed E-state index contributed by atoms with van der Waals surface area (Å²) in [6, 6.07) is 5.66. The fourth-order valence-electron chi connectivity index (χ4n) is 4.71. The summed E-state index contributed by atoms with van der Waals surface area (Å²) in [5, 5.41) is 3.87. The Kier molecular flexibility index (Phi) is 6.23. The minimum Gasteiger partial charge on any atom is -0.378 e. The van der Waals surface area contributed by atoms with E-state index in [2.05, 4.69) is 5.32 Å². The molecule has 3 unspecified atom stereocenters. The highest BCUT2D eigenvalue weighted by molar-refractivity contribution is 6.33. The molecule has 4 rings (SSSR count). The second-order valence-electron chi connectivity index (χ2n) is 7.95. The van der Waals surface area contributed by atoms with Crippen LogP contribution in [0.1, 0.15) is 35.2 Å². The largest absolute Gasteiger partial charge is 0.378 e. The van der Waals surface area contributed by atoms with Crippen LogP contribution in [0.5, 0.6) is 0 Å². The van der Waals surface area contributed by atoms with E-state index in [1.54, 1.807) is 4.90 Å².